The molecule has 1 aromatic rings. The molecule has 2 aliphatic rings. The van der Waals surface area contributed by atoms with Crippen LogP contribution >= 0.6 is 0 Å². The normalized spacial score (nSPS) is 19.7. The average Bonchev–Trinajstić information content (AvgIpc) is 2.78. The Morgan fingerprint density at radius 3 is 2.52 bits per heavy atom. The zero-order valence-corrected chi connectivity index (χ0v) is 15.1. The Hall–Kier alpha value is -3.23. The molecular weight excluding hydrogens is 354 g/mol. The highest BCUT2D eigenvalue weighted by Gasteiger charge is 2.45. The molecule has 1 aromatic carbocycles. The van der Waals surface area contributed by atoms with Gasteiger partial charge in [-0.15, -0.1) is 0 Å². The molecule has 2 heterocycles. The van der Waals surface area contributed by atoms with E-state index < -0.39 is 41.4 Å². The van der Waals surface area contributed by atoms with Gasteiger partial charge in [-0.25, -0.2) is 4.79 Å². The van der Waals surface area contributed by atoms with E-state index in [1.807, 2.05) is 0 Å². The molecule has 0 radical (unpaired) electrons. The minimum atomic E-state index is -1.07. The highest BCUT2D eigenvalue weighted by molar-refractivity contribution is 6.26. The Morgan fingerprint density at radius 2 is 1.89 bits per heavy atom. The Kier molecular flexibility index (Phi) is 4.46. The minimum Gasteiger partial charge on any atom is -0.444 e. The van der Waals surface area contributed by atoms with Gasteiger partial charge in [0.15, 0.2) is 0 Å². The summed E-state index contributed by atoms with van der Waals surface area (Å²) in [6.45, 7) is 5.09. The summed E-state index contributed by atoms with van der Waals surface area (Å²) in [5, 5.41) is 4.61. The molecule has 3 rings (SSSR count). The number of hydrogen-bond acceptors (Lipinski definition) is 6. The molecule has 0 aromatic heterocycles. The van der Waals surface area contributed by atoms with Gasteiger partial charge in [0.2, 0.25) is 11.8 Å². The standard InChI is InChI=1S/C18H19N3O6/c1-18(2,3)27-17(26)19-10-6-4-5-9-13(10)16(25)21(15(9)24)11-7-8-12(22)20-14(11)23/h4-6,11H,7-8H2,1-3H3,(H,19,26)(H,20,22,23). The summed E-state index contributed by atoms with van der Waals surface area (Å²) >= 11 is 0. The van der Waals surface area contributed by atoms with Gasteiger partial charge in [0, 0.05) is 6.42 Å². The predicted octanol–water partition coefficient (Wildman–Crippen LogP) is 1.43. The van der Waals surface area contributed by atoms with E-state index >= 15 is 0 Å². The SMILES string of the molecule is CC(C)(C)OC(=O)Nc1cccc2c1C(=O)N(C1CCC(=O)NC1=O)C2=O. The van der Waals surface area contributed by atoms with Crippen LogP contribution in [0.15, 0.2) is 18.2 Å². The molecule has 9 nitrogen and oxygen atoms in total. The molecule has 2 N–H and O–H groups in total. The van der Waals surface area contributed by atoms with E-state index in [0.29, 0.717) is 0 Å². The number of carbonyl (C=O) groups is 5. The van der Waals surface area contributed by atoms with Gasteiger partial charge in [0.25, 0.3) is 11.8 Å². The largest absolute Gasteiger partial charge is 0.444 e. The van der Waals surface area contributed by atoms with Crippen LogP contribution in [-0.2, 0) is 14.3 Å². The molecule has 2 aliphatic heterocycles. The van der Waals surface area contributed by atoms with Crippen molar-refractivity contribution < 1.29 is 28.7 Å². The van der Waals surface area contributed by atoms with Gasteiger partial charge in [0.1, 0.15) is 11.6 Å². The summed E-state index contributed by atoms with van der Waals surface area (Å²) in [6.07, 6.45) is -0.673. The zero-order valence-electron chi connectivity index (χ0n) is 15.1. The molecule has 0 saturated carbocycles. The smallest absolute Gasteiger partial charge is 0.412 e. The van der Waals surface area contributed by atoms with E-state index in [2.05, 4.69) is 10.6 Å². The summed E-state index contributed by atoms with van der Waals surface area (Å²) in [5.74, 6) is -2.48. The fourth-order valence-corrected chi connectivity index (χ4v) is 3.03. The Bertz CT molecular complexity index is 870. The number of carbonyl (C=O) groups excluding carboxylic acids is 5. The number of benzene rings is 1. The van der Waals surface area contributed by atoms with Crippen molar-refractivity contribution in [2.45, 2.75) is 45.3 Å². The van der Waals surface area contributed by atoms with Crippen molar-refractivity contribution >= 4 is 35.4 Å². The zero-order chi connectivity index (χ0) is 19.9. The van der Waals surface area contributed by atoms with E-state index in [0.717, 1.165) is 4.90 Å². The molecule has 1 unspecified atom stereocenters. The number of nitrogens with zero attached hydrogens (tertiary/aromatic N) is 1. The first kappa shape index (κ1) is 18.6. The molecular formula is C18H19N3O6. The van der Waals surface area contributed by atoms with Crippen LogP contribution in [0.3, 0.4) is 0 Å². The average molecular weight is 373 g/mol. The summed E-state index contributed by atoms with van der Waals surface area (Å²) in [4.78, 5) is 61.9. The molecule has 0 bridgehead atoms. The quantitative estimate of drug-likeness (QED) is 0.757. The summed E-state index contributed by atoms with van der Waals surface area (Å²) in [6, 6.07) is 3.37. The van der Waals surface area contributed by atoms with Gasteiger partial charge in [0.05, 0.1) is 16.8 Å². The number of amides is 5. The van der Waals surface area contributed by atoms with Crippen molar-refractivity contribution in [3.8, 4) is 0 Å². The van der Waals surface area contributed by atoms with Crippen molar-refractivity contribution in [3.05, 3.63) is 29.3 Å². The Balaban J connectivity index is 1.89. The second kappa shape index (κ2) is 6.49. The number of fused-ring (bicyclic) bond motifs is 1. The molecule has 0 spiro atoms. The maximum Gasteiger partial charge on any atom is 0.412 e. The first-order chi connectivity index (χ1) is 12.6. The second-order valence-electron chi connectivity index (χ2n) is 7.30. The van der Waals surface area contributed by atoms with Gasteiger partial charge >= 0.3 is 6.09 Å². The topological polar surface area (TPSA) is 122 Å². The molecule has 9 heteroatoms. The Labute approximate surface area is 155 Å². The fourth-order valence-electron chi connectivity index (χ4n) is 3.03. The molecule has 5 amide bonds. The fraction of sp³-hybridized carbons (Fsp3) is 0.389. The van der Waals surface area contributed by atoms with Crippen molar-refractivity contribution in [3.63, 3.8) is 0 Å². The third-order valence-electron chi connectivity index (χ3n) is 4.10. The van der Waals surface area contributed by atoms with Crippen molar-refractivity contribution in [2.24, 2.45) is 0 Å². The van der Waals surface area contributed by atoms with Gasteiger partial charge in [-0.2, -0.15) is 0 Å². The van der Waals surface area contributed by atoms with Crippen LogP contribution in [-0.4, -0.2) is 46.3 Å². The van der Waals surface area contributed by atoms with Crippen LogP contribution in [0, 0.1) is 0 Å². The summed E-state index contributed by atoms with van der Waals surface area (Å²) in [5.41, 5.74) is -0.535. The van der Waals surface area contributed by atoms with Crippen LogP contribution in [0.25, 0.3) is 0 Å². The number of hydrogen-bond donors (Lipinski definition) is 2. The van der Waals surface area contributed by atoms with Gasteiger partial charge in [-0.3, -0.25) is 34.7 Å². The monoisotopic (exact) mass is 373 g/mol. The number of rotatable bonds is 2. The maximum absolute atomic E-state index is 12.9. The lowest BCUT2D eigenvalue weighted by atomic mass is 10.0. The first-order valence-corrected chi connectivity index (χ1v) is 8.43. The second-order valence-corrected chi connectivity index (χ2v) is 7.30. The van der Waals surface area contributed by atoms with E-state index in [1.54, 1.807) is 20.8 Å². The molecule has 27 heavy (non-hydrogen) atoms. The van der Waals surface area contributed by atoms with Crippen LogP contribution in [0.4, 0.5) is 10.5 Å². The van der Waals surface area contributed by atoms with Crippen molar-refractivity contribution in [1.29, 1.82) is 0 Å². The number of nitrogens with one attached hydrogen (secondary N) is 2. The van der Waals surface area contributed by atoms with Gasteiger partial charge in [-0.1, -0.05) is 6.07 Å². The van der Waals surface area contributed by atoms with Gasteiger partial charge < -0.3 is 4.74 Å². The first-order valence-electron chi connectivity index (χ1n) is 8.43. The van der Waals surface area contributed by atoms with E-state index in [-0.39, 0.29) is 29.7 Å². The molecule has 1 atom stereocenters. The summed E-state index contributed by atoms with van der Waals surface area (Å²) in [7, 11) is 0. The number of piperidine rings is 1. The number of ether oxygens (including phenoxy) is 1. The Morgan fingerprint density at radius 1 is 1.19 bits per heavy atom. The number of imide groups is 2. The third kappa shape index (κ3) is 3.53. The predicted molar refractivity (Wildman–Crippen MR) is 93.0 cm³/mol. The highest BCUT2D eigenvalue weighted by atomic mass is 16.6. The molecule has 1 fully saturated rings. The minimum absolute atomic E-state index is 0.00180. The van der Waals surface area contributed by atoms with E-state index in [1.165, 1.54) is 18.2 Å². The van der Waals surface area contributed by atoms with E-state index in [4.69, 9.17) is 4.74 Å². The van der Waals surface area contributed by atoms with Crippen LogP contribution in [0.5, 0.6) is 0 Å². The van der Waals surface area contributed by atoms with Crippen molar-refractivity contribution in [1.82, 2.24) is 10.2 Å². The molecule has 142 valence electrons. The lowest BCUT2D eigenvalue weighted by Crippen LogP contribution is -2.54. The van der Waals surface area contributed by atoms with Crippen LogP contribution in [0.1, 0.15) is 54.3 Å². The lowest BCUT2D eigenvalue weighted by Gasteiger charge is -2.27. The van der Waals surface area contributed by atoms with Crippen LogP contribution in [0.2, 0.25) is 0 Å². The molecule has 0 aliphatic carbocycles. The number of anilines is 1. The maximum atomic E-state index is 12.9. The lowest BCUT2D eigenvalue weighted by molar-refractivity contribution is -0.136. The summed E-state index contributed by atoms with van der Waals surface area (Å²) < 4.78 is 5.17. The third-order valence-corrected chi connectivity index (χ3v) is 4.10. The van der Waals surface area contributed by atoms with Crippen molar-refractivity contribution in [2.75, 3.05) is 5.32 Å². The molecule has 1 saturated heterocycles. The van der Waals surface area contributed by atoms with E-state index in [9.17, 15) is 24.0 Å². The van der Waals surface area contributed by atoms with Gasteiger partial charge in [-0.05, 0) is 39.3 Å². The highest BCUT2D eigenvalue weighted by Crippen LogP contribution is 2.32. The van der Waals surface area contributed by atoms with Crippen LogP contribution < -0.4 is 10.6 Å².